The highest BCUT2D eigenvalue weighted by Gasteiger charge is 2.19. The van der Waals surface area contributed by atoms with Crippen molar-refractivity contribution in [3.05, 3.63) is 71.3 Å². The van der Waals surface area contributed by atoms with Crippen molar-refractivity contribution in [2.75, 3.05) is 13.2 Å². The van der Waals surface area contributed by atoms with E-state index in [1.807, 2.05) is 0 Å². The van der Waals surface area contributed by atoms with Gasteiger partial charge in [0, 0.05) is 6.54 Å². The fraction of sp³-hybridized carbons (Fsp3) is 0.333. The maximum atomic E-state index is 11.8. The number of aliphatic hydroxyl groups excluding tert-OH is 1. The maximum absolute atomic E-state index is 11.8. The molecule has 0 saturated carbocycles. The SMILES string of the molecule is CC(C)c1ccc(CCNC(=O)COC(=O)[C@H](O)c2ccccc2)cc1. The van der Waals surface area contributed by atoms with Crippen molar-refractivity contribution in [2.45, 2.75) is 32.3 Å². The summed E-state index contributed by atoms with van der Waals surface area (Å²) in [5, 5.41) is 12.6. The van der Waals surface area contributed by atoms with Crippen molar-refractivity contribution in [3.8, 4) is 0 Å². The number of amides is 1. The fourth-order valence-electron chi connectivity index (χ4n) is 2.45. The minimum Gasteiger partial charge on any atom is -0.453 e. The van der Waals surface area contributed by atoms with Crippen molar-refractivity contribution in [3.63, 3.8) is 0 Å². The molecule has 0 radical (unpaired) electrons. The summed E-state index contributed by atoms with van der Waals surface area (Å²) in [7, 11) is 0. The van der Waals surface area contributed by atoms with E-state index in [1.165, 1.54) is 5.56 Å². The van der Waals surface area contributed by atoms with Crippen LogP contribution in [-0.2, 0) is 20.7 Å². The lowest BCUT2D eigenvalue weighted by atomic mass is 10.0. The van der Waals surface area contributed by atoms with Gasteiger partial charge in [0.1, 0.15) is 0 Å². The van der Waals surface area contributed by atoms with Crippen molar-refractivity contribution in [2.24, 2.45) is 0 Å². The molecule has 0 spiro atoms. The van der Waals surface area contributed by atoms with Crippen LogP contribution in [0.5, 0.6) is 0 Å². The molecular formula is C21H25NO4. The Balaban J connectivity index is 1.69. The van der Waals surface area contributed by atoms with Crippen LogP contribution in [0, 0.1) is 0 Å². The molecule has 2 aromatic rings. The average Bonchev–Trinajstić information content (AvgIpc) is 2.66. The summed E-state index contributed by atoms with van der Waals surface area (Å²) < 4.78 is 4.86. The highest BCUT2D eigenvalue weighted by atomic mass is 16.5. The van der Waals surface area contributed by atoms with Gasteiger partial charge in [-0.2, -0.15) is 0 Å². The zero-order valence-corrected chi connectivity index (χ0v) is 15.1. The molecule has 0 fully saturated rings. The van der Waals surface area contributed by atoms with E-state index in [1.54, 1.807) is 30.3 Å². The second kappa shape index (κ2) is 9.73. The quantitative estimate of drug-likeness (QED) is 0.714. The van der Waals surface area contributed by atoms with E-state index < -0.39 is 24.6 Å². The third-order valence-electron chi connectivity index (χ3n) is 4.07. The largest absolute Gasteiger partial charge is 0.453 e. The van der Waals surface area contributed by atoms with Crippen LogP contribution >= 0.6 is 0 Å². The molecule has 2 N–H and O–H groups in total. The third-order valence-corrected chi connectivity index (χ3v) is 4.07. The number of aliphatic hydroxyl groups is 1. The smallest absolute Gasteiger partial charge is 0.340 e. The molecule has 0 aliphatic carbocycles. The van der Waals surface area contributed by atoms with Crippen molar-refractivity contribution in [1.29, 1.82) is 0 Å². The van der Waals surface area contributed by atoms with Crippen LogP contribution in [0.4, 0.5) is 0 Å². The summed E-state index contributed by atoms with van der Waals surface area (Å²) in [6.07, 6.45) is -0.687. The molecule has 1 amide bonds. The van der Waals surface area contributed by atoms with Crippen LogP contribution in [0.1, 0.15) is 42.6 Å². The molecule has 1 atom stereocenters. The number of benzene rings is 2. The van der Waals surface area contributed by atoms with Crippen LogP contribution in [0.3, 0.4) is 0 Å². The van der Waals surface area contributed by atoms with Gasteiger partial charge in [-0.15, -0.1) is 0 Å². The van der Waals surface area contributed by atoms with Crippen molar-refractivity contribution < 1.29 is 19.4 Å². The fourth-order valence-corrected chi connectivity index (χ4v) is 2.45. The molecule has 138 valence electrons. The average molecular weight is 355 g/mol. The number of ether oxygens (including phenoxy) is 1. The first kappa shape index (κ1) is 19.7. The van der Waals surface area contributed by atoms with E-state index in [2.05, 4.69) is 43.4 Å². The molecule has 2 rings (SSSR count). The maximum Gasteiger partial charge on any atom is 0.340 e. The van der Waals surface area contributed by atoms with Crippen molar-refractivity contribution >= 4 is 11.9 Å². The van der Waals surface area contributed by atoms with Gasteiger partial charge in [-0.3, -0.25) is 4.79 Å². The molecule has 2 aromatic carbocycles. The summed E-state index contributed by atoms with van der Waals surface area (Å²) >= 11 is 0. The number of esters is 1. The predicted molar refractivity (Wildman–Crippen MR) is 99.6 cm³/mol. The van der Waals surface area contributed by atoms with Gasteiger partial charge in [-0.05, 0) is 29.0 Å². The number of carbonyl (C=O) groups is 2. The van der Waals surface area contributed by atoms with E-state index in [-0.39, 0.29) is 0 Å². The van der Waals surface area contributed by atoms with Crippen molar-refractivity contribution in [1.82, 2.24) is 5.32 Å². The lowest BCUT2D eigenvalue weighted by Gasteiger charge is -2.11. The standard InChI is InChI=1S/C21H25NO4/c1-15(2)17-10-8-16(9-11-17)12-13-22-19(23)14-26-21(25)20(24)18-6-4-3-5-7-18/h3-11,15,20,24H,12-14H2,1-2H3,(H,22,23)/t20-/m1/s1. The van der Waals surface area contributed by atoms with Gasteiger partial charge in [0.05, 0.1) is 0 Å². The van der Waals surface area contributed by atoms with Crippen LogP contribution < -0.4 is 5.32 Å². The number of hydrogen-bond donors (Lipinski definition) is 2. The van der Waals surface area contributed by atoms with E-state index >= 15 is 0 Å². The zero-order valence-electron chi connectivity index (χ0n) is 15.1. The monoisotopic (exact) mass is 355 g/mol. The van der Waals surface area contributed by atoms with Gasteiger partial charge >= 0.3 is 5.97 Å². The molecule has 0 aromatic heterocycles. The Morgan fingerprint density at radius 3 is 2.27 bits per heavy atom. The molecule has 0 saturated heterocycles. The van der Waals surface area contributed by atoms with Crippen LogP contribution in [0.15, 0.2) is 54.6 Å². The zero-order chi connectivity index (χ0) is 18.9. The Morgan fingerprint density at radius 2 is 1.65 bits per heavy atom. The first-order valence-corrected chi connectivity index (χ1v) is 8.72. The first-order valence-electron chi connectivity index (χ1n) is 8.72. The molecular weight excluding hydrogens is 330 g/mol. The van der Waals surface area contributed by atoms with Crippen LogP contribution in [0.2, 0.25) is 0 Å². The second-order valence-corrected chi connectivity index (χ2v) is 6.42. The molecule has 0 heterocycles. The number of carbonyl (C=O) groups excluding carboxylic acids is 2. The minimum absolute atomic E-state index is 0.391. The molecule has 0 aliphatic heterocycles. The Bertz CT molecular complexity index is 711. The lowest BCUT2D eigenvalue weighted by molar-refractivity contribution is -0.157. The van der Waals surface area contributed by atoms with E-state index in [0.29, 0.717) is 24.4 Å². The Hall–Kier alpha value is -2.66. The summed E-state index contributed by atoms with van der Waals surface area (Å²) in [6, 6.07) is 16.7. The molecule has 0 aliphatic rings. The summed E-state index contributed by atoms with van der Waals surface area (Å²) in [6.45, 7) is 4.34. The van der Waals surface area contributed by atoms with Gasteiger partial charge in [0.2, 0.25) is 0 Å². The van der Waals surface area contributed by atoms with Gasteiger partial charge in [-0.1, -0.05) is 68.4 Å². The highest BCUT2D eigenvalue weighted by Crippen LogP contribution is 2.15. The Labute approximate surface area is 154 Å². The van der Waals surface area contributed by atoms with E-state index in [0.717, 1.165) is 5.56 Å². The highest BCUT2D eigenvalue weighted by molar-refractivity contribution is 5.82. The topological polar surface area (TPSA) is 75.6 Å². The second-order valence-electron chi connectivity index (χ2n) is 6.42. The lowest BCUT2D eigenvalue weighted by Crippen LogP contribution is -2.31. The molecule has 0 bridgehead atoms. The predicted octanol–water partition coefficient (Wildman–Crippen LogP) is 2.75. The molecule has 5 heteroatoms. The number of hydrogen-bond acceptors (Lipinski definition) is 4. The Kier molecular flexibility index (Phi) is 7.36. The van der Waals surface area contributed by atoms with Gasteiger partial charge in [0.25, 0.3) is 5.91 Å². The third kappa shape index (κ3) is 6.01. The molecule has 0 unspecified atom stereocenters. The van der Waals surface area contributed by atoms with Crippen LogP contribution in [0.25, 0.3) is 0 Å². The summed E-state index contributed by atoms with van der Waals surface area (Å²) in [4.78, 5) is 23.5. The first-order chi connectivity index (χ1) is 12.5. The molecule has 5 nitrogen and oxygen atoms in total. The minimum atomic E-state index is -1.39. The number of rotatable bonds is 8. The van der Waals surface area contributed by atoms with Gasteiger partial charge in [-0.25, -0.2) is 4.79 Å². The Morgan fingerprint density at radius 1 is 1.00 bits per heavy atom. The van der Waals surface area contributed by atoms with Crippen LogP contribution in [-0.4, -0.2) is 30.1 Å². The van der Waals surface area contributed by atoms with E-state index in [4.69, 9.17) is 4.74 Å². The van der Waals surface area contributed by atoms with Gasteiger partial charge < -0.3 is 15.2 Å². The normalized spacial score (nSPS) is 11.8. The van der Waals surface area contributed by atoms with E-state index in [9.17, 15) is 14.7 Å². The van der Waals surface area contributed by atoms with Gasteiger partial charge in [0.15, 0.2) is 12.7 Å². The number of nitrogens with one attached hydrogen (secondary N) is 1. The summed E-state index contributed by atoms with van der Waals surface area (Å²) in [5.41, 5.74) is 2.84. The summed E-state index contributed by atoms with van der Waals surface area (Å²) in [5.74, 6) is -0.738. The molecule has 26 heavy (non-hydrogen) atoms.